The maximum absolute atomic E-state index is 12.8. The molecule has 0 bridgehead atoms. The number of carbonyl (C=O) groups is 2. The van der Waals surface area contributed by atoms with Gasteiger partial charge in [-0.3, -0.25) is 4.79 Å². The topological polar surface area (TPSA) is 80.2 Å². The number of hydrogen-bond donors (Lipinski definition) is 1. The fourth-order valence-electron chi connectivity index (χ4n) is 3.13. The Morgan fingerprint density at radius 2 is 1.97 bits per heavy atom. The standard InChI is InChI=1S/C21H20ClF2N3O4/c1-3-30-18(28)21(2)12-27(26-17(21)13-7-9-14(22)10-8-13)20(29)25-15-5-4-6-16(11-15)31-19(23)24/h4-11,19H,3,12H2,1-2H3,(H,25,29). The van der Waals surface area contributed by atoms with Crippen molar-refractivity contribution in [3.8, 4) is 5.75 Å². The van der Waals surface area contributed by atoms with E-state index in [9.17, 15) is 18.4 Å². The summed E-state index contributed by atoms with van der Waals surface area (Å²) >= 11 is 5.95. The molecule has 0 radical (unpaired) electrons. The van der Waals surface area contributed by atoms with Gasteiger partial charge in [0, 0.05) is 16.8 Å². The first kappa shape index (κ1) is 22.5. The van der Waals surface area contributed by atoms with Crippen molar-refractivity contribution in [2.24, 2.45) is 10.5 Å². The molecule has 0 spiro atoms. The van der Waals surface area contributed by atoms with Crippen molar-refractivity contribution >= 4 is 35.0 Å². The Balaban J connectivity index is 1.86. The lowest BCUT2D eigenvalue weighted by Gasteiger charge is -2.24. The Bertz CT molecular complexity index is 1000. The zero-order valence-corrected chi connectivity index (χ0v) is 17.5. The smallest absolute Gasteiger partial charge is 0.387 e. The minimum Gasteiger partial charge on any atom is -0.465 e. The Hall–Kier alpha value is -3.20. The molecule has 0 fully saturated rings. The van der Waals surface area contributed by atoms with E-state index in [1.165, 1.54) is 24.3 Å². The van der Waals surface area contributed by atoms with E-state index in [1.54, 1.807) is 38.1 Å². The van der Waals surface area contributed by atoms with Gasteiger partial charge in [0.1, 0.15) is 11.2 Å². The number of amides is 2. The van der Waals surface area contributed by atoms with Crippen LogP contribution in [-0.4, -0.2) is 42.5 Å². The number of anilines is 1. The average molecular weight is 452 g/mol. The molecule has 0 saturated carbocycles. The van der Waals surface area contributed by atoms with Crippen LogP contribution in [0.5, 0.6) is 5.75 Å². The number of nitrogens with zero attached hydrogens (tertiary/aromatic N) is 2. The predicted molar refractivity (Wildman–Crippen MR) is 112 cm³/mol. The van der Waals surface area contributed by atoms with E-state index in [0.29, 0.717) is 16.3 Å². The Labute approximate surface area is 182 Å². The Kier molecular flexibility index (Phi) is 6.74. The molecule has 2 aromatic carbocycles. The number of hydrogen-bond acceptors (Lipinski definition) is 5. The van der Waals surface area contributed by atoms with E-state index in [1.807, 2.05) is 0 Å². The summed E-state index contributed by atoms with van der Waals surface area (Å²) < 4.78 is 34.4. The molecule has 7 nitrogen and oxygen atoms in total. The van der Waals surface area contributed by atoms with Crippen LogP contribution >= 0.6 is 11.6 Å². The van der Waals surface area contributed by atoms with Gasteiger partial charge in [0.25, 0.3) is 0 Å². The number of esters is 1. The molecule has 1 heterocycles. The van der Waals surface area contributed by atoms with Crippen molar-refractivity contribution in [2.45, 2.75) is 20.5 Å². The first-order chi connectivity index (χ1) is 14.7. The lowest BCUT2D eigenvalue weighted by Crippen LogP contribution is -2.42. The van der Waals surface area contributed by atoms with Crippen molar-refractivity contribution in [2.75, 3.05) is 18.5 Å². The number of carbonyl (C=O) groups excluding carboxylic acids is 2. The van der Waals surface area contributed by atoms with Crippen molar-refractivity contribution in [3.63, 3.8) is 0 Å². The van der Waals surface area contributed by atoms with Gasteiger partial charge in [0.2, 0.25) is 0 Å². The zero-order valence-electron chi connectivity index (χ0n) is 16.8. The van der Waals surface area contributed by atoms with Gasteiger partial charge >= 0.3 is 18.6 Å². The number of halogens is 3. The first-order valence-electron chi connectivity index (χ1n) is 9.38. The highest BCUT2D eigenvalue weighted by atomic mass is 35.5. The van der Waals surface area contributed by atoms with E-state index in [2.05, 4.69) is 15.2 Å². The van der Waals surface area contributed by atoms with Crippen LogP contribution in [0.1, 0.15) is 19.4 Å². The molecule has 0 saturated heterocycles. The molecule has 1 unspecified atom stereocenters. The van der Waals surface area contributed by atoms with Crippen LogP contribution in [0.2, 0.25) is 5.02 Å². The molecule has 2 aromatic rings. The van der Waals surface area contributed by atoms with Crippen LogP contribution < -0.4 is 10.1 Å². The van der Waals surface area contributed by atoms with Crippen LogP contribution in [0, 0.1) is 5.41 Å². The van der Waals surface area contributed by atoms with E-state index >= 15 is 0 Å². The lowest BCUT2D eigenvalue weighted by molar-refractivity contribution is -0.150. The van der Waals surface area contributed by atoms with Gasteiger partial charge in [-0.25, -0.2) is 9.80 Å². The van der Waals surface area contributed by atoms with Crippen LogP contribution in [-0.2, 0) is 9.53 Å². The van der Waals surface area contributed by atoms with Crippen molar-refractivity contribution in [1.29, 1.82) is 0 Å². The summed E-state index contributed by atoms with van der Waals surface area (Å²) in [5, 5.41) is 8.54. The number of urea groups is 1. The third-order valence-electron chi connectivity index (χ3n) is 4.60. The highest BCUT2D eigenvalue weighted by Gasteiger charge is 2.48. The molecule has 1 aliphatic heterocycles. The minimum atomic E-state index is -2.98. The van der Waals surface area contributed by atoms with Gasteiger partial charge in [-0.1, -0.05) is 29.8 Å². The molecule has 164 valence electrons. The summed E-state index contributed by atoms with van der Waals surface area (Å²) in [5.74, 6) is -0.623. The molecular formula is C21H20ClF2N3O4. The molecule has 1 aliphatic rings. The average Bonchev–Trinajstić information content (AvgIpc) is 3.08. The number of nitrogens with one attached hydrogen (secondary N) is 1. The second-order valence-electron chi connectivity index (χ2n) is 6.90. The van der Waals surface area contributed by atoms with Gasteiger partial charge in [-0.15, -0.1) is 0 Å². The van der Waals surface area contributed by atoms with Gasteiger partial charge in [-0.2, -0.15) is 13.9 Å². The monoisotopic (exact) mass is 451 g/mol. The molecule has 3 rings (SSSR count). The summed E-state index contributed by atoms with van der Waals surface area (Å²) in [4.78, 5) is 25.5. The SMILES string of the molecule is CCOC(=O)C1(C)CN(C(=O)Nc2cccc(OC(F)F)c2)N=C1c1ccc(Cl)cc1. The molecule has 2 amide bonds. The normalized spacial score (nSPS) is 18.0. The quantitative estimate of drug-likeness (QED) is 0.642. The highest BCUT2D eigenvalue weighted by Crippen LogP contribution is 2.33. The Morgan fingerprint density at radius 3 is 2.61 bits per heavy atom. The van der Waals surface area contributed by atoms with E-state index in [0.717, 1.165) is 5.01 Å². The third-order valence-corrected chi connectivity index (χ3v) is 4.85. The van der Waals surface area contributed by atoms with Crippen LogP contribution in [0.3, 0.4) is 0 Å². The number of ether oxygens (including phenoxy) is 2. The fourth-order valence-corrected chi connectivity index (χ4v) is 3.26. The lowest BCUT2D eigenvalue weighted by atomic mass is 9.82. The number of benzene rings is 2. The predicted octanol–water partition coefficient (Wildman–Crippen LogP) is 4.76. The third kappa shape index (κ3) is 5.11. The highest BCUT2D eigenvalue weighted by molar-refractivity contribution is 6.30. The van der Waals surface area contributed by atoms with E-state index in [4.69, 9.17) is 16.3 Å². The van der Waals surface area contributed by atoms with Crippen LogP contribution in [0.4, 0.5) is 19.3 Å². The van der Waals surface area contributed by atoms with Crippen molar-refractivity contribution < 1.29 is 27.8 Å². The maximum Gasteiger partial charge on any atom is 0.387 e. The molecule has 1 atom stereocenters. The van der Waals surface area contributed by atoms with Gasteiger partial charge < -0.3 is 14.8 Å². The zero-order chi connectivity index (χ0) is 22.6. The second kappa shape index (κ2) is 9.30. The fraction of sp³-hybridized carbons (Fsp3) is 0.286. The summed E-state index contributed by atoms with van der Waals surface area (Å²) in [6.45, 7) is 0.451. The summed E-state index contributed by atoms with van der Waals surface area (Å²) in [7, 11) is 0. The van der Waals surface area contributed by atoms with E-state index < -0.39 is 24.0 Å². The van der Waals surface area contributed by atoms with Crippen molar-refractivity contribution in [3.05, 3.63) is 59.1 Å². The molecule has 1 N–H and O–H groups in total. The summed E-state index contributed by atoms with van der Waals surface area (Å²) in [6, 6.07) is 11.6. The van der Waals surface area contributed by atoms with Gasteiger partial charge in [0.05, 0.1) is 18.9 Å². The molecule has 10 heteroatoms. The largest absolute Gasteiger partial charge is 0.465 e. The minimum absolute atomic E-state index is 0.0666. The first-order valence-corrected chi connectivity index (χ1v) is 9.76. The summed E-state index contributed by atoms with van der Waals surface area (Å²) in [5.41, 5.74) is -0.00629. The van der Waals surface area contributed by atoms with Crippen LogP contribution in [0.25, 0.3) is 0 Å². The summed E-state index contributed by atoms with van der Waals surface area (Å²) in [6.07, 6.45) is 0. The number of rotatable bonds is 6. The molecule has 0 aliphatic carbocycles. The number of hydrazone groups is 1. The van der Waals surface area contributed by atoms with Crippen LogP contribution in [0.15, 0.2) is 53.6 Å². The van der Waals surface area contributed by atoms with Gasteiger partial charge in [0.15, 0.2) is 0 Å². The molecule has 31 heavy (non-hydrogen) atoms. The molecule has 0 aromatic heterocycles. The van der Waals surface area contributed by atoms with Crippen molar-refractivity contribution in [1.82, 2.24) is 5.01 Å². The Morgan fingerprint density at radius 1 is 1.26 bits per heavy atom. The number of alkyl halides is 2. The molecular weight excluding hydrogens is 432 g/mol. The second-order valence-corrected chi connectivity index (χ2v) is 7.34. The maximum atomic E-state index is 12.8. The van der Waals surface area contributed by atoms with E-state index in [-0.39, 0.29) is 24.6 Å². The van der Waals surface area contributed by atoms with Gasteiger partial charge in [-0.05, 0) is 43.7 Å².